The Kier molecular flexibility index (Phi) is 6.97. The molecule has 1 saturated carbocycles. The maximum atomic E-state index is 14.2. The molecular formula is C30H32BrN3O5. The number of benzene rings is 2. The Morgan fingerprint density at radius 3 is 2.56 bits per heavy atom. The zero-order valence-corrected chi connectivity index (χ0v) is 23.4. The van der Waals surface area contributed by atoms with Crippen LogP contribution in [0, 0.1) is 11.8 Å². The van der Waals surface area contributed by atoms with E-state index in [2.05, 4.69) is 26.6 Å². The molecule has 5 atom stereocenters. The molecule has 3 amide bonds. The largest absolute Gasteiger partial charge is 0.496 e. The molecule has 8 nitrogen and oxygen atoms in total. The molecule has 2 bridgehead atoms. The van der Waals surface area contributed by atoms with Crippen LogP contribution in [0.2, 0.25) is 0 Å². The summed E-state index contributed by atoms with van der Waals surface area (Å²) in [6, 6.07) is 13.9. The Bertz CT molecular complexity index is 1310. The zero-order chi connectivity index (χ0) is 27.1. The van der Waals surface area contributed by atoms with Crippen molar-refractivity contribution in [1.82, 2.24) is 10.2 Å². The molecule has 9 heteroatoms. The monoisotopic (exact) mass is 593 g/mol. The van der Waals surface area contributed by atoms with Gasteiger partial charge in [0, 0.05) is 21.8 Å². The van der Waals surface area contributed by atoms with E-state index in [1.165, 1.54) is 6.42 Å². The third kappa shape index (κ3) is 4.55. The first-order chi connectivity index (χ1) is 18.9. The number of ether oxygens (including phenoxy) is 2. The van der Waals surface area contributed by atoms with Crippen LogP contribution in [-0.4, -0.2) is 53.5 Å². The number of amides is 3. The van der Waals surface area contributed by atoms with E-state index in [4.69, 9.17) is 9.47 Å². The number of nitrogens with zero attached hydrogens (tertiary/aromatic N) is 1. The Balaban J connectivity index is 1.34. The van der Waals surface area contributed by atoms with Gasteiger partial charge in [-0.2, -0.15) is 0 Å². The molecule has 6 rings (SSSR count). The number of carbonyl (C=O) groups is 3. The Morgan fingerprint density at radius 2 is 1.82 bits per heavy atom. The van der Waals surface area contributed by atoms with Gasteiger partial charge < -0.3 is 25.0 Å². The molecule has 3 heterocycles. The van der Waals surface area contributed by atoms with Gasteiger partial charge in [0.25, 0.3) is 0 Å². The Morgan fingerprint density at radius 1 is 1.08 bits per heavy atom. The molecule has 0 unspecified atom stereocenters. The summed E-state index contributed by atoms with van der Waals surface area (Å²) in [7, 11) is 1.58. The lowest BCUT2D eigenvalue weighted by Crippen LogP contribution is -2.56. The van der Waals surface area contributed by atoms with Crippen LogP contribution < -0.4 is 15.4 Å². The van der Waals surface area contributed by atoms with E-state index in [9.17, 15) is 14.4 Å². The molecule has 1 spiro atoms. The van der Waals surface area contributed by atoms with E-state index in [1.807, 2.05) is 48.6 Å². The molecular weight excluding hydrogens is 562 g/mol. The molecule has 0 radical (unpaired) electrons. The van der Waals surface area contributed by atoms with Crippen molar-refractivity contribution in [3.05, 3.63) is 70.7 Å². The molecule has 2 aromatic carbocycles. The zero-order valence-electron chi connectivity index (χ0n) is 21.8. The number of fused-ring (bicyclic) bond motifs is 1. The Hall–Kier alpha value is -3.17. The maximum absolute atomic E-state index is 14.2. The number of nitrogens with one attached hydrogen (secondary N) is 2. The summed E-state index contributed by atoms with van der Waals surface area (Å²) >= 11 is 3.41. The summed E-state index contributed by atoms with van der Waals surface area (Å²) in [5.74, 6) is -1.70. The number of hydrogen-bond acceptors (Lipinski definition) is 5. The lowest BCUT2D eigenvalue weighted by molar-refractivity contribution is -0.142. The van der Waals surface area contributed by atoms with Gasteiger partial charge in [-0.15, -0.1) is 0 Å². The normalized spacial score (nSPS) is 29.4. The van der Waals surface area contributed by atoms with Gasteiger partial charge in [-0.3, -0.25) is 14.4 Å². The highest BCUT2D eigenvalue weighted by Crippen LogP contribution is 2.55. The number of carbonyl (C=O) groups excluding carboxylic acids is 3. The van der Waals surface area contributed by atoms with Crippen LogP contribution >= 0.6 is 15.9 Å². The summed E-state index contributed by atoms with van der Waals surface area (Å²) in [5.41, 5.74) is 0.214. The van der Waals surface area contributed by atoms with Gasteiger partial charge in [-0.1, -0.05) is 65.5 Å². The minimum absolute atomic E-state index is 0.0731. The first-order valence-electron chi connectivity index (χ1n) is 13.6. The van der Waals surface area contributed by atoms with E-state index in [0.717, 1.165) is 35.7 Å². The van der Waals surface area contributed by atoms with Crippen LogP contribution in [0.25, 0.3) is 0 Å². The minimum Gasteiger partial charge on any atom is -0.496 e. The van der Waals surface area contributed by atoms with Gasteiger partial charge in [0.2, 0.25) is 17.7 Å². The fourth-order valence-electron chi connectivity index (χ4n) is 6.74. The molecule has 2 aromatic rings. The van der Waals surface area contributed by atoms with Gasteiger partial charge in [0.15, 0.2) is 0 Å². The van der Waals surface area contributed by atoms with Crippen molar-refractivity contribution < 1.29 is 23.9 Å². The number of rotatable bonds is 7. The maximum Gasteiger partial charge on any atom is 0.246 e. The van der Waals surface area contributed by atoms with Crippen molar-refractivity contribution in [2.75, 3.05) is 12.4 Å². The molecule has 39 heavy (non-hydrogen) atoms. The van der Waals surface area contributed by atoms with Gasteiger partial charge in [-0.25, -0.2) is 0 Å². The molecule has 204 valence electrons. The van der Waals surface area contributed by atoms with Crippen molar-refractivity contribution in [2.45, 2.75) is 62.4 Å². The number of likely N-dealkylation sites (tertiary alicyclic amines) is 1. The van der Waals surface area contributed by atoms with Gasteiger partial charge >= 0.3 is 0 Å². The smallest absolute Gasteiger partial charge is 0.246 e. The third-order valence-electron chi connectivity index (χ3n) is 8.52. The minimum atomic E-state index is -1.20. The van der Waals surface area contributed by atoms with E-state index >= 15 is 0 Å². The summed E-state index contributed by atoms with van der Waals surface area (Å²) in [6.07, 6.45) is 8.27. The van der Waals surface area contributed by atoms with Crippen molar-refractivity contribution in [2.24, 2.45) is 11.8 Å². The highest BCUT2D eigenvalue weighted by molar-refractivity contribution is 9.10. The fourth-order valence-corrected chi connectivity index (χ4v) is 7.01. The summed E-state index contributed by atoms with van der Waals surface area (Å²) in [6.45, 7) is 0.173. The topological polar surface area (TPSA) is 97.0 Å². The van der Waals surface area contributed by atoms with Crippen LogP contribution in [0.3, 0.4) is 0 Å². The van der Waals surface area contributed by atoms with Crippen LogP contribution in [0.5, 0.6) is 5.75 Å². The van der Waals surface area contributed by atoms with E-state index in [1.54, 1.807) is 24.1 Å². The predicted octanol–water partition coefficient (Wildman–Crippen LogP) is 4.20. The standard InChI is InChI=1S/C30H32BrN3O5/c1-38-22-10-6-5-7-18(22)17-34-26(28(36)33-20-8-3-2-4-9-20)30-16-15-23(39-30)24(25(30)29(34)37)27(35)32-21-13-11-19(31)12-14-21/h5-7,10-16,20,23-26H,2-4,8-9,17H2,1H3,(H,32,35)(H,33,36)/t23-,24-,25-,26+,30-/m0/s1. The average Bonchev–Trinajstić information content (AvgIpc) is 3.58. The van der Waals surface area contributed by atoms with Crippen LogP contribution in [0.4, 0.5) is 5.69 Å². The molecule has 0 aromatic heterocycles. The summed E-state index contributed by atoms with van der Waals surface area (Å²) in [4.78, 5) is 43.4. The molecule has 2 saturated heterocycles. The second-order valence-corrected chi connectivity index (χ2v) is 11.7. The first kappa shape index (κ1) is 26.1. The van der Waals surface area contributed by atoms with E-state index in [0.29, 0.717) is 11.4 Å². The second kappa shape index (κ2) is 10.4. The van der Waals surface area contributed by atoms with E-state index < -0.39 is 29.6 Å². The number of halogens is 1. The van der Waals surface area contributed by atoms with Crippen LogP contribution in [0.1, 0.15) is 37.7 Å². The number of hydrogen-bond donors (Lipinski definition) is 2. The molecule has 4 aliphatic rings. The highest BCUT2D eigenvalue weighted by atomic mass is 79.9. The van der Waals surface area contributed by atoms with Crippen molar-refractivity contribution in [3.63, 3.8) is 0 Å². The summed E-state index contributed by atoms with van der Waals surface area (Å²) in [5, 5.41) is 6.18. The van der Waals surface area contributed by atoms with Crippen molar-refractivity contribution >= 4 is 39.3 Å². The molecule has 1 aliphatic carbocycles. The lowest BCUT2D eigenvalue weighted by Gasteiger charge is -2.34. The van der Waals surface area contributed by atoms with Crippen LogP contribution in [0.15, 0.2) is 65.2 Å². The Labute approximate surface area is 236 Å². The van der Waals surface area contributed by atoms with Crippen molar-refractivity contribution in [1.29, 1.82) is 0 Å². The summed E-state index contributed by atoms with van der Waals surface area (Å²) < 4.78 is 12.9. The quantitative estimate of drug-likeness (QED) is 0.469. The van der Waals surface area contributed by atoms with Crippen molar-refractivity contribution in [3.8, 4) is 5.75 Å². The van der Waals surface area contributed by atoms with Crippen LogP contribution in [-0.2, 0) is 25.7 Å². The first-order valence-corrected chi connectivity index (χ1v) is 14.4. The van der Waals surface area contributed by atoms with Gasteiger partial charge in [-0.05, 0) is 43.2 Å². The number of para-hydroxylation sites is 1. The third-order valence-corrected chi connectivity index (χ3v) is 9.05. The fraction of sp³-hybridized carbons (Fsp3) is 0.433. The SMILES string of the molecule is COc1ccccc1CN1C(=O)[C@@H]2[C@@H](C(=O)Nc3ccc(Br)cc3)[C@@H]3C=C[C@@]2(O3)[C@H]1C(=O)NC1CCCCC1. The number of anilines is 1. The number of methoxy groups -OCH3 is 1. The molecule has 2 N–H and O–H groups in total. The van der Waals surface area contributed by atoms with Gasteiger partial charge in [0.1, 0.15) is 17.4 Å². The predicted molar refractivity (Wildman–Crippen MR) is 149 cm³/mol. The molecule has 3 aliphatic heterocycles. The lowest BCUT2D eigenvalue weighted by atomic mass is 9.74. The molecule has 3 fully saturated rings. The average molecular weight is 595 g/mol. The van der Waals surface area contributed by atoms with E-state index in [-0.39, 0.29) is 30.3 Å². The highest BCUT2D eigenvalue weighted by Gasteiger charge is 2.72. The second-order valence-electron chi connectivity index (χ2n) is 10.8. The van der Waals surface area contributed by atoms with Gasteiger partial charge in [0.05, 0.1) is 31.6 Å².